The van der Waals surface area contributed by atoms with Gasteiger partial charge in [-0.2, -0.15) is 0 Å². The summed E-state index contributed by atoms with van der Waals surface area (Å²) >= 11 is 0. The van der Waals surface area contributed by atoms with Gasteiger partial charge in [0.2, 0.25) is 0 Å². The molecule has 2 aromatic rings. The number of H-pyrrole nitrogens is 1. The predicted molar refractivity (Wildman–Crippen MR) is 98.7 cm³/mol. The molecule has 4 rings (SSSR count). The van der Waals surface area contributed by atoms with Crippen LogP contribution < -0.4 is 11.2 Å². The van der Waals surface area contributed by atoms with E-state index in [2.05, 4.69) is 30.7 Å². The number of aromatic nitrogens is 4. The maximum Gasteiger partial charge on any atom is 0.328 e. The van der Waals surface area contributed by atoms with Crippen LogP contribution in [0.2, 0.25) is 0 Å². The number of nitrogens with zero attached hydrogens (tertiary/aromatic N) is 4. The Labute approximate surface area is 156 Å². The first-order valence-corrected chi connectivity index (χ1v) is 9.16. The maximum atomic E-state index is 13.1. The summed E-state index contributed by atoms with van der Waals surface area (Å²) in [7, 11) is 1.36. The molecule has 2 bridgehead atoms. The lowest BCUT2D eigenvalue weighted by Crippen LogP contribution is -2.46. The molecule has 2 unspecified atom stereocenters. The molecule has 2 aromatic heterocycles. The number of carbonyl (C=O) groups is 1. The molecule has 142 valence electrons. The lowest BCUT2D eigenvalue weighted by Gasteiger charge is -2.36. The first-order valence-electron chi connectivity index (χ1n) is 9.16. The van der Waals surface area contributed by atoms with Crippen molar-refractivity contribution < 1.29 is 4.79 Å². The van der Waals surface area contributed by atoms with Crippen molar-refractivity contribution in [3.8, 4) is 0 Å². The second-order valence-corrected chi connectivity index (χ2v) is 8.38. The van der Waals surface area contributed by atoms with E-state index in [-0.39, 0.29) is 29.0 Å². The molecule has 0 aliphatic carbocycles. The van der Waals surface area contributed by atoms with E-state index >= 15 is 0 Å². The van der Waals surface area contributed by atoms with Crippen molar-refractivity contribution in [1.29, 1.82) is 0 Å². The van der Waals surface area contributed by atoms with Crippen LogP contribution in [0.25, 0.3) is 0 Å². The minimum absolute atomic E-state index is 0.00866. The molecule has 8 heteroatoms. The third-order valence-electron chi connectivity index (χ3n) is 5.51. The largest absolute Gasteiger partial charge is 0.328 e. The van der Waals surface area contributed by atoms with Crippen LogP contribution in [0.4, 0.5) is 0 Å². The molecule has 2 aliphatic rings. The first kappa shape index (κ1) is 17.6. The van der Waals surface area contributed by atoms with Crippen LogP contribution in [0.3, 0.4) is 0 Å². The number of carbonyl (C=O) groups excluding carboxylic acids is 1. The van der Waals surface area contributed by atoms with Crippen molar-refractivity contribution >= 4 is 5.91 Å². The Balaban J connectivity index is 1.74. The van der Waals surface area contributed by atoms with Crippen LogP contribution in [0.15, 0.2) is 22.0 Å². The molecule has 1 fully saturated rings. The van der Waals surface area contributed by atoms with Gasteiger partial charge in [0.25, 0.3) is 11.5 Å². The summed E-state index contributed by atoms with van der Waals surface area (Å²) in [6.45, 7) is 6.23. The molecule has 27 heavy (non-hydrogen) atoms. The van der Waals surface area contributed by atoms with E-state index in [0.717, 1.165) is 34.5 Å². The topological polar surface area (TPSA) is 101 Å². The smallest absolute Gasteiger partial charge is 0.328 e. The Morgan fingerprint density at radius 1 is 1.26 bits per heavy atom. The van der Waals surface area contributed by atoms with Gasteiger partial charge in [0.15, 0.2) is 0 Å². The van der Waals surface area contributed by atoms with Gasteiger partial charge < -0.3 is 9.88 Å². The summed E-state index contributed by atoms with van der Waals surface area (Å²) in [4.78, 5) is 50.6. The maximum absolute atomic E-state index is 13.1. The molecule has 2 aliphatic heterocycles. The quantitative estimate of drug-likeness (QED) is 0.810. The fraction of sp³-hybridized carbons (Fsp3) is 0.526. The third kappa shape index (κ3) is 2.70. The molecule has 0 spiro atoms. The fourth-order valence-electron chi connectivity index (χ4n) is 4.01. The van der Waals surface area contributed by atoms with Gasteiger partial charge >= 0.3 is 5.69 Å². The summed E-state index contributed by atoms with van der Waals surface area (Å²) in [5, 5.41) is 0. The highest BCUT2D eigenvalue weighted by molar-refractivity contribution is 5.94. The zero-order chi connectivity index (χ0) is 19.5. The average molecular weight is 369 g/mol. The van der Waals surface area contributed by atoms with Crippen molar-refractivity contribution in [3.05, 3.63) is 55.9 Å². The van der Waals surface area contributed by atoms with Crippen LogP contribution in [0.1, 0.15) is 67.1 Å². The SMILES string of the molecule is Cn1c(=O)[nH]cc(C(=O)N2C3CCC2c2cnc(C(C)(C)C)nc2C3)c1=O. The minimum atomic E-state index is -0.576. The van der Waals surface area contributed by atoms with E-state index in [9.17, 15) is 14.4 Å². The van der Waals surface area contributed by atoms with E-state index in [1.54, 1.807) is 4.90 Å². The zero-order valence-electron chi connectivity index (χ0n) is 15.9. The number of nitrogens with one attached hydrogen (secondary N) is 1. The Morgan fingerprint density at radius 3 is 2.70 bits per heavy atom. The lowest BCUT2D eigenvalue weighted by molar-refractivity contribution is 0.0640. The Bertz CT molecular complexity index is 1050. The van der Waals surface area contributed by atoms with Gasteiger partial charge in [0.1, 0.15) is 11.4 Å². The number of hydrogen-bond acceptors (Lipinski definition) is 5. The van der Waals surface area contributed by atoms with Gasteiger partial charge in [0, 0.05) is 42.9 Å². The Kier molecular flexibility index (Phi) is 3.83. The molecule has 0 saturated carbocycles. The molecule has 0 radical (unpaired) electrons. The molecule has 2 atom stereocenters. The van der Waals surface area contributed by atoms with Crippen LogP contribution >= 0.6 is 0 Å². The minimum Gasteiger partial charge on any atom is -0.328 e. The van der Waals surface area contributed by atoms with Crippen molar-refractivity contribution in [1.82, 2.24) is 24.4 Å². The first-order chi connectivity index (χ1) is 12.7. The molecule has 0 aromatic carbocycles. The van der Waals surface area contributed by atoms with Crippen molar-refractivity contribution in [2.45, 2.75) is 57.5 Å². The van der Waals surface area contributed by atoms with Gasteiger partial charge in [-0.1, -0.05) is 20.8 Å². The molecule has 1 saturated heterocycles. The van der Waals surface area contributed by atoms with E-state index < -0.39 is 11.2 Å². The van der Waals surface area contributed by atoms with Crippen LogP contribution in [0.5, 0.6) is 0 Å². The average Bonchev–Trinajstić information content (AvgIpc) is 2.93. The van der Waals surface area contributed by atoms with Crippen LogP contribution in [-0.2, 0) is 18.9 Å². The lowest BCUT2D eigenvalue weighted by atomic mass is 9.93. The number of rotatable bonds is 1. The van der Waals surface area contributed by atoms with E-state index in [1.807, 2.05) is 6.20 Å². The Hall–Kier alpha value is -2.77. The van der Waals surface area contributed by atoms with Crippen molar-refractivity contribution in [2.75, 3.05) is 0 Å². The van der Waals surface area contributed by atoms with Crippen LogP contribution in [0, 0.1) is 0 Å². The molecule has 1 N–H and O–H groups in total. The van der Waals surface area contributed by atoms with Gasteiger partial charge in [-0.05, 0) is 12.8 Å². The number of amides is 1. The van der Waals surface area contributed by atoms with Gasteiger partial charge in [-0.15, -0.1) is 0 Å². The van der Waals surface area contributed by atoms with Gasteiger partial charge in [0.05, 0.1) is 11.7 Å². The van der Waals surface area contributed by atoms with E-state index in [1.165, 1.54) is 13.2 Å². The molecular formula is C19H23N5O3. The highest BCUT2D eigenvalue weighted by Crippen LogP contribution is 2.43. The van der Waals surface area contributed by atoms with E-state index in [4.69, 9.17) is 4.98 Å². The summed E-state index contributed by atoms with van der Waals surface area (Å²) in [6, 6.07) is -0.119. The summed E-state index contributed by atoms with van der Waals surface area (Å²) in [5.41, 5.74) is 0.708. The molecular weight excluding hydrogens is 346 g/mol. The normalized spacial score (nSPS) is 21.3. The van der Waals surface area contributed by atoms with Crippen molar-refractivity contribution in [2.24, 2.45) is 7.05 Å². The highest BCUT2D eigenvalue weighted by atomic mass is 16.2. The number of hydrogen-bond donors (Lipinski definition) is 1. The standard InChI is InChI=1S/C19H23N5O3/c1-19(2,3)17-20-8-11-13(22-17)7-10-5-6-14(11)24(10)16(26)12-9-21-18(27)23(4)15(12)25/h8-10,14H,5-7H2,1-4H3,(H,21,27). The highest BCUT2D eigenvalue weighted by Gasteiger charge is 2.44. The summed E-state index contributed by atoms with van der Waals surface area (Å²) in [5.74, 6) is 0.458. The summed E-state index contributed by atoms with van der Waals surface area (Å²) < 4.78 is 0.922. The van der Waals surface area contributed by atoms with Gasteiger partial charge in [-0.3, -0.25) is 14.2 Å². The number of aromatic amines is 1. The monoisotopic (exact) mass is 369 g/mol. The number of fused-ring (bicyclic) bond motifs is 4. The molecule has 8 nitrogen and oxygen atoms in total. The third-order valence-corrected chi connectivity index (χ3v) is 5.51. The van der Waals surface area contributed by atoms with Crippen molar-refractivity contribution in [3.63, 3.8) is 0 Å². The summed E-state index contributed by atoms with van der Waals surface area (Å²) in [6.07, 6.45) is 5.40. The van der Waals surface area contributed by atoms with Gasteiger partial charge in [-0.25, -0.2) is 14.8 Å². The fourth-order valence-corrected chi connectivity index (χ4v) is 4.01. The molecule has 1 amide bonds. The van der Waals surface area contributed by atoms with Crippen LogP contribution in [-0.4, -0.2) is 36.4 Å². The predicted octanol–water partition coefficient (Wildman–Crippen LogP) is 1.06. The molecule has 4 heterocycles. The Morgan fingerprint density at radius 2 is 2.00 bits per heavy atom. The zero-order valence-corrected chi connectivity index (χ0v) is 15.9. The second kappa shape index (κ2) is 5.87. The second-order valence-electron chi connectivity index (χ2n) is 8.38. The van der Waals surface area contributed by atoms with E-state index in [0.29, 0.717) is 6.42 Å².